The minimum Gasteiger partial charge on any atom is -0.394 e. The molecular formula is C11H22O6. The smallest absolute Gasteiger partial charge is 0.186 e. The van der Waals surface area contributed by atoms with Gasteiger partial charge >= 0.3 is 0 Å². The van der Waals surface area contributed by atoms with E-state index in [4.69, 9.17) is 19.3 Å². The molecule has 1 rings (SSSR count). The zero-order valence-corrected chi connectivity index (χ0v) is 10.3. The Morgan fingerprint density at radius 3 is 2.47 bits per heavy atom. The number of rotatable bonds is 6. The summed E-state index contributed by atoms with van der Waals surface area (Å²) in [4.78, 5) is 0. The summed E-state index contributed by atoms with van der Waals surface area (Å²) in [5.74, 6) is 0. The molecule has 0 amide bonds. The van der Waals surface area contributed by atoms with Gasteiger partial charge in [-0.2, -0.15) is 0 Å². The Morgan fingerprint density at radius 2 is 1.94 bits per heavy atom. The molecule has 0 radical (unpaired) electrons. The van der Waals surface area contributed by atoms with E-state index >= 15 is 0 Å². The van der Waals surface area contributed by atoms with Crippen LogP contribution in [0.1, 0.15) is 19.8 Å². The fraction of sp³-hybridized carbons (Fsp3) is 1.00. The van der Waals surface area contributed by atoms with E-state index in [9.17, 15) is 10.2 Å². The standard InChI is InChI=1S/C11H22O6/c1-3-4-5-16-11-9(14)8(13)10(15-2)7(6-12)17-11/h7-14H,3-6H2,1-2H3/t7-,8-,9-,10-,11-/m1/s1. The predicted molar refractivity (Wildman–Crippen MR) is 59.4 cm³/mol. The van der Waals surface area contributed by atoms with E-state index in [-0.39, 0.29) is 6.61 Å². The van der Waals surface area contributed by atoms with Crippen molar-refractivity contribution in [3.8, 4) is 0 Å². The summed E-state index contributed by atoms with van der Waals surface area (Å²) < 4.78 is 15.7. The first-order valence-electron chi connectivity index (χ1n) is 5.92. The van der Waals surface area contributed by atoms with E-state index in [1.807, 2.05) is 6.92 Å². The minimum atomic E-state index is -1.17. The molecule has 1 saturated heterocycles. The van der Waals surface area contributed by atoms with Gasteiger partial charge in [0.05, 0.1) is 6.61 Å². The van der Waals surface area contributed by atoms with Gasteiger partial charge in [-0.3, -0.25) is 0 Å². The zero-order valence-electron chi connectivity index (χ0n) is 10.3. The van der Waals surface area contributed by atoms with Crippen molar-refractivity contribution >= 4 is 0 Å². The van der Waals surface area contributed by atoms with Crippen molar-refractivity contribution in [1.82, 2.24) is 0 Å². The fourth-order valence-electron chi connectivity index (χ4n) is 1.83. The van der Waals surface area contributed by atoms with Crippen molar-refractivity contribution in [2.75, 3.05) is 20.3 Å². The number of hydrogen-bond donors (Lipinski definition) is 3. The third-order valence-corrected chi connectivity index (χ3v) is 2.87. The van der Waals surface area contributed by atoms with Crippen LogP contribution >= 0.6 is 0 Å². The van der Waals surface area contributed by atoms with Gasteiger partial charge in [0.1, 0.15) is 24.4 Å². The molecule has 0 aromatic heterocycles. The minimum absolute atomic E-state index is 0.296. The Hall–Kier alpha value is -0.240. The highest BCUT2D eigenvalue weighted by molar-refractivity contribution is 4.89. The van der Waals surface area contributed by atoms with Gasteiger partial charge in [0, 0.05) is 13.7 Å². The number of hydrogen-bond acceptors (Lipinski definition) is 6. The highest BCUT2D eigenvalue weighted by atomic mass is 16.7. The van der Waals surface area contributed by atoms with Crippen molar-refractivity contribution in [3.63, 3.8) is 0 Å². The van der Waals surface area contributed by atoms with Crippen LogP contribution < -0.4 is 0 Å². The first-order valence-corrected chi connectivity index (χ1v) is 5.92. The summed E-state index contributed by atoms with van der Waals surface area (Å²) in [6.07, 6.45) is -2.83. The van der Waals surface area contributed by atoms with Gasteiger partial charge < -0.3 is 29.5 Å². The fourth-order valence-corrected chi connectivity index (χ4v) is 1.83. The normalized spacial score (nSPS) is 38.3. The summed E-state index contributed by atoms with van der Waals surface area (Å²) in [5.41, 5.74) is 0. The van der Waals surface area contributed by atoms with E-state index in [1.54, 1.807) is 0 Å². The van der Waals surface area contributed by atoms with Gasteiger partial charge in [-0.05, 0) is 6.42 Å². The first kappa shape index (κ1) is 14.8. The van der Waals surface area contributed by atoms with Crippen LogP contribution in [0.25, 0.3) is 0 Å². The Morgan fingerprint density at radius 1 is 1.24 bits per heavy atom. The van der Waals surface area contributed by atoms with E-state index in [0.717, 1.165) is 12.8 Å². The van der Waals surface area contributed by atoms with Gasteiger partial charge in [-0.15, -0.1) is 0 Å². The summed E-state index contributed by atoms with van der Waals surface area (Å²) in [7, 11) is 1.39. The molecule has 0 spiro atoms. The molecule has 0 bridgehead atoms. The van der Waals surface area contributed by atoms with E-state index in [0.29, 0.717) is 6.61 Å². The lowest BCUT2D eigenvalue weighted by molar-refractivity contribution is -0.304. The third kappa shape index (κ3) is 3.61. The monoisotopic (exact) mass is 250 g/mol. The predicted octanol–water partition coefficient (Wildman–Crippen LogP) is -0.743. The van der Waals surface area contributed by atoms with Gasteiger partial charge in [-0.1, -0.05) is 13.3 Å². The van der Waals surface area contributed by atoms with Crippen LogP contribution in [0, 0.1) is 0 Å². The molecule has 1 fully saturated rings. The second-order valence-electron chi connectivity index (χ2n) is 4.13. The van der Waals surface area contributed by atoms with Crippen molar-refractivity contribution in [3.05, 3.63) is 0 Å². The van der Waals surface area contributed by atoms with Crippen LogP contribution in [0.15, 0.2) is 0 Å². The number of unbranched alkanes of at least 4 members (excludes halogenated alkanes) is 1. The molecule has 3 N–H and O–H groups in total. The summed E-state index contributed by atoms with van der Waals surface area (Å²) in [6, 6.07) is 0. The number of aliphatic hydroxyl groups excluding tert-OH is 3. The van der Waals surface area contributed by atoms with Crippen molar-refractivity contribution in [2.24, 2.45) is 0 Å². The molecule has 0 aliphatic carbocycles. The molecule has 6 nitrogen and oxygen atoms in total. The molecule has 1 heterocycles. The van der Waals surface area contributed by atoms with Crippen LogP contribution in [-0.4, -0.2) is 66.3 Å². The number of aliphatic hydroxyl groups is 3. The first-order chi connectivity index (χ1) is 8.15. The SMILES string of the molecule is CCCCO[C@@H]1O[C@H](CO)[C@@H](OC)[C@H](O)[C@H]1O. The maximum atomic E-state index is 9.82. The van der Waals surface area contributed by atoms with Crippen LogP contribution in [0.5, 0.6) is 0 Å². The largest absolute Gasteiger partial charge is 0.394 e. The Kier molecular flexibility index (Phi) is 6.32. The molecular weight excluding hydrogens is 228 g/mol. The average Bonchev–Trinajstić information content (AvgIpc) is 2.34. The van der Waals surface area contributed by atoms with E-state index < -0.39 is 30.7 Å². The van der Waals surface area contributed by atoms with Gasteiger partial charge in [0.15, 0.2) is 6.29 Å². The quantitative estimate of drug-likeness (QED) is 0.538. The molecule has 6 heteroatoms. The summed E-state index contributed by atoms with van der Waals surface area (Å²) >= 11 is 0. The Labute approximate surface area is 101 Å². The van der Waals surface area contributed by atoms with Crippen LogP contribution in [-0.2, 0) is 14.2 Å². The molecule has 17 heavy (non-hydrogen) atoms. The summed E-state index contributed by atoms with van der Waals surface area (Å²) in [6.45, 7) is 2.17. The summed E-state index contributed by atoms with van der Waals surface area (Å²) in [5, 5.41) is 28.7. The molecule has 5 atom stereocenters. The van der Waals surface area contributed by atoms with Crippen LogP contribution in [0.4, 0.5) is 0 Å². The van der Waals surface area contributed by atoms with Crippen LogP contribution in [0.2, 0.25) is 0 Å². The molecule has 0 aromatic rings. The molecule has 0 unspecified atom stereocenters. The lowest BCUT2D eigenvalue weighted by atomic mass is 9.99. The highest BCUT2D eigenvalue weighted by Gasteiger charge is 2.44. The maximum absolute atomic E-state index is 9.82. The molecule has 0 saturated carbocycles. The van der Waals surface area contributed by atoms with E-state index in [2.05, 4.69) is 0 Å². The molecule has 1 aliphatic heterocycles. The molecule has 0 aromatic carbocycles. The average molecular weight is 250 g/mol. The van der Waals surface area contributed by atoms with Crippen molar-refractivity contribution < 1.29 is 29.5 Å². The Bertz CT molecular complexity index is 210. The van der Waals surface area contributed by atoms with Crippen LogP contribution in [0.3, 0.4) is 0 Å². The zero-order chi connectivity index (χ0) is 12.8. The Balaban J connectivity index is 2.56. The second kappa shape index (κ2) is 7.25. The highest BCUT2D eigenvalue weighted by Crippen LogP contribution is 2.23. The van der Waals surface area contributed by atoms with E-state index in [1.165, 1.54) is 7.11 Å². The van der Waals surface area contributed by atoms with Gasteiger partial charge in [0.25, 0.3) is 0 Å². The van der Waals surface area contributed by atoms with Gasteiger partial charge in [0.2, 0.25) is 0 Å². The lowest BCUT2D eigenvalue weighted by Gasteiger charge is -2.41. The van der Waals surface area contributed by atoms with Gasteiger partial charge in [-0.25, -0.2) is 0 Å². The third-order valence-electron chi connectivity index (χ3n) is 2.87. The number of ether oxygens (including phenoxy) is 3. The van der Waals surface area contributed by atoms with Crippen molar-refractivity contribution in [2.45, 2.75) is 50.5 Å². The topological polar surface area (TPSA) is 88.4 Å². The molecule has 1 aliphatic rings. The molecule has 102 valence electrons. The maximum Gasteiger partial charge on any atom is 0.186 e. The van der Waals surface area contributed by atoms with Crippen molar-refractivity contribution in [1.29, 1.82) is 0 Å². The second-order valence-corrected chi connectivity index (χ2v) is 4.13. The lowest BCUT2D eigenvalue weighted by Crippen LogP contribution is -2.59. The number of methoxy groups -OCH3 is 1.